The molecule has 0 saturated carbocycles. The number of hydrogen-bond donors (Lipinski definition) is 1. The van der Waals surface area contributed by atoms with E-state index in [1.54, 1.807) is 30.0 Å². The molecule has 2 aromatic carbocycles. The first-order valence-corrected chi connectivity index (χ1v) is 9.14. The summed E-state index contributed by atoms with van der Waals surface area (Å²) in [5.74, 6) is -0.152. The first kappa shape index (κ1) is 19.6. The van der Waals surface area contributed by atoms with Crippen molar-refractivity contribution in [2.45, 2.75) is 32.4 Å². The second kappa shape index (κ2) is 8.24. The van der Waals surface area contributed by atoms with Crippen LogP contribution in [0.1, 0.15) is 34.8 Å². The maximum Gasteiger partial charge on any atom is 0.254 e. The average molecular weight is 377 g/mol. The Hall–Kier alpha value is -3.17. The lowest BCUT2D eigenvalue weighted by molar-refractivity contribution is 0.0538. The molecule has 1 aliphatic rings. The standard InChI is InChI=1S/C22H23N3O3/c1-14-18(12-23)5-4-6-20(14)16-7-9-17(10-8-16)22(27)25-13-19(24-28-3)11-21(25)15(2)26/h4-10,15,21,26H,11,13H2,1-3H3/b24-19-. The van der Waals surface area contributed by atoms with Gasteiger partial charge in [-0.3, -0.25) is 4.79 Å². The van der Waals surface area contributed by atoms with Crippen LogP contribution in [0.15, 0.2) is 47.6 Å². The van der Waals surface area contributed by atoms with Gasteiger partial charge in [0, 0.05) is 12.0 Å². The predicted octanol–water partition coefficient (Wildman–Crippen LogP) is 3.13. The third-order valence-electron chi connectivity index (χ3n) is 5.13. The summed E-state index contributed by atoms with van der Waals surface area (Å²) in [4.78, 5) is 19.5. The molecule has 2 aromatic rings. The molecule has 6 nitrogen and oxygen atoms in total. The molecule has 1 fully saturated rings. The van der Waals surface area contributed by atoms with E-state index in [1.807, 2.05) is 31.2 Å². The number of oxime groups is 1. The van der Waals surface area contributed by atoms with E-state index < -0.39 is 6.10 Å². The highest BCUT2D eigenvalue weighted by molar-refractivity contribution is 6.00. The lowest BCUT2D eigenvalue weighted by Gasteiger charge is -2.26. The van der Waals surface area contributed by atoms with Crippen LogP contribution in [-0.2, 0) is 4.84 Å². The van der Waals surface area contributed by atoms with Gasteiger partial charge in [-0.1, -0.05) is 29.4 Å². The fourth-order valence-electron chi connectivity index (χ4n) is 3.61. The number of nitrogens with zero attached hydrogens (tertiary/aromatic N) is 3. The minimum atomic E-state index is -0.663. The number of hydrogen-bond acceptors (Lipinski definition) is 5. The van der Waals surface area contributed by atoms with E-state index in [-0.39, 0.29) is 11.9 Å². The zero-order valence-electron chi connectivity index (χ0n) is 16.2. The summed E-state index contributed by atoms with van der Waals surface area (Å²) in [5, 5.41) is 23.2. The molecule has 144 valence electrons. The molecule has 0 aromatic heterocycles. The monoisotopic (exact) mass is 377 g/mol. The number of aliphatic hydroxyl groups is 1. The number of likely N-dealkylation sites (tertiary alicyclic amines) is 1. The van der Waals surface area contributed by atoms with E-state index in [0.717, 1.165) is 22.4 Å². The lowest BCUT2D eigenvalue weighted by atomic mass is 9.96. The number of amides is 1. The summed E-state index contributed by atoms with van der Waals surface area (Å²) in [5.41, 5.74) is 4.75. The smallest absolute Gasteiger partial charge is 0.254 e. The van der Waals surface area contributed by atoms with Crippen molar-refractivity contribution < 1.29 is 14.7 Å². The minimum absolute atomic E-state index is 0.152. The van der Waals surface area contributed by atoms with Crippen LogP contribution >= 0.6 is 0 Å². The van der Waals surface area contributed by atoms with Crippen molar-refractivity contribution in [3.05, 3.63) is 59.2 Å². The number of rotatable bonds is 4. The number of benzene rings is 2. The molecule has 0 bridgehead atoms. The van der Waals surface area contributed by atoms with Crippen LogP contribution in [0.4, 0.5) is 0 Å². The molecule has 0 spiro atoms. The Morgan fingerprint density at radius 1 is 1.32 bits per heavy atom. The molecule has 2 atom stereocenters. The van der Waals surface area contributed by atoms with Crippen LogP contribution in [-0.4, -0.2) is 47.4 Å². The van der Waals surface area contributed by atoms with E-state index in [2.05, 4.69) is 11.2 Å². The minimum Gasteiger partial charge on any atom is -0.399 e. The maximum atomic E-state index is 13.0. The van der Waals surface area contributed by atoms with Crippen molar-refractivity contribution in [1.29, 1.82) is 5.26 Å². The van der Waals surface area contributed by atoms with Gasteiger partial charge in [0.25, 0.3) is 5.91 Å². The topological polar surface area (TPSA) is 85.9 Å². The molecular formula is C22H23N3O3. The molecular weight excluding hydrogens is 354 g/mol. The largest absolute Gasteiger partial charge is 0.399 e. The van der Waals surface area contributed by atoms with E-state index in [9.17, 15) is 15.2 Å². The number of aliphatic hydroxyl groups excluding tert-OH is 1. The summed E-state index contributed by atoms with van der Waals surface area (Å²) in [6.07, 6.45) is -0.167. The zero-order chi connectivity index (χ0) is 20.3. The third-order valence-corrected chi connectivity index (χ3v) is 5.13. The van der Waals surface area contributed by atoms with Crippen LogP contribution in [0, 0.1) is 18.3 Å². The normalized spacial score (nSPS) is 18.8. The van der Waals surface area contributed by atoms with Gasteiger partial charge in [0.1, 0.15) is 7.11 Å². The van der Waals surface area contributed by atoms with E-state index in [0.29, 0.717) is 24.1 Å². The van der Waals surface area contributed by atoms with Gasteiger partial charge in [-0.15, -0.1) is 0 Å². The Bertz CT molecular complexity index is 942. The summed E-state index contributed by atoms with van der Waals surface area (Å²) >= 11 is 0. The van der Waals surface area contributed by atoms with Crippen molar-refractivity contribution >= 4 is 11.6 Å². The molecule has 28 heavy (non-hydrogen) atoms. The number of carbonyl (C=O) groups excluding carboxylic acids is 1. The quantitative estimate of drug-likeness (QED) is 0.830. The first-order chi connectivity index (χ1) is 13.5. The highest BCUT2D eigenvalue weighted by Gasteiger charge is 2.36. The molecule has 0 aliphatic carbocycles. The van der Waals surface area contributed by atoms with Crippen LogP contribution in [0.2, 0.25) is 0 Å². The van der Waals surface area contributed by atoms with Crippen molar-refractivity contribution in [1.82, 2.24) is 4.90 Å². The zero-order valence-corrected chi connectivity index (χ0v) is 16.2. The molecule has 1 heterocycles. The molecule has 3 rings (SSSR count). The Kier molecular flexibility index (Phi) is 5.76. The highest BCUT2D eigenvalue weighted by atomic mass is 16.6. The highest BCUT2D eigenvalue weighted by Crippen LogP contribution is 2.27. The van der Waals surface area contributed by atoms with Gasteiger partial charge in [0.15, 0.2) is 0 Å². The molecule has 1 saturated heterocycles. The third kappa shape index (κ3) is 3.75. The van der Waals surface area contributed by atoms with E-state index in [1.165, 1.54) is 7.11 Å². The van der Waals surface area contributed by atoms with Crippen molar-refractivity contribution in [2.24, 2.45) is 5.16 Å². The van der Waals surface area contributed by atoms with Crippen LogP contribution in [0.25, 0.3) is 11.1 Å². The van der Waals surface area contributed by atoms with Crippen molar-refractivity contribution in [3.8, 4) is 17.2 Å². The Labute approximate surface area is 164 Å². The molecule has 1 aliphatic heterocycles. The fourth-order valence-corrected chi connectivity index (χ4v) is 3.61. The summed E-state index contributed by atoms with van der Waals surface area (Å²) in [6, 6.07) is 14.8. The van der Waals surface area contributed by atoms with Crippen molar-refractivity contribution in [2.75, 3.05) is 13.7 Å². The van der Waals surface area contributed by atoms with E-state index in [4.69, 9.17) is 4.84 Å². The van der Waals surface area contributed by atoms with Gasteiger partial charge in [-0.2, -0.15) is 5.26 Å². The van der Waals surface area contributed by atoms with Gasteiger partial charge in [0.2, 0.25) is 0 Å². The lowest BCUT2D eigenvalue weighted by Crippen LogP contribution is -2.41. The van der Waals surface area contributed by atoms with Gasteiger partial charge < -0.3 is 14.8 Å². The fraction of sp³-hybridized carbons (Fsp3) is 0.318. The van der Waals surface area contributed by atoms with Crippen LogP contribution < -0.4 is 0 Å². The molecule has 6 heteroatoms. The van der Waals surface area contributed by atoms with Gasteiger partial charge in [-0.25, -0.2) is 0 Å². The Morgan fingerprint density at radius 2 is 2.04 bits per heavy atom. The molecule has 0 radical (unpaired) electrons. The number of nitriles is 1. The molecule has 1 amide bonds. The summed E-state index contributed by atoms with van der Waals surface area (Å²) in [7, 11) is 1.47. The van der Waals surface area contributed by atoms with Gasteiger partial charge in [-0.05, 0) is 48.7 Å². The second-order valence-corrected chi connectivity index (χ2v) is 6.95. The Balaban J connectivity index is 1.86. The van der Waals surface area contributed by atoms with E-state index >= 15 is 0 Å². The SMILES string of the molecule is CO/N=C1/CC(C(C)O)N(C(=O)c2ccc(-c3cccc(C#N)c3C)cc2)C1. The molecule has 2 unspecified atom stereocenters. The van der Waals surface area contributed by atoms with Gasteiger partial charge in [0.05, 0.1) is 36.0 Å². The summed E-state index contributed by atoms with van der Waals surface area (Å²) < 4.78 is 0. The van der Waals surface area contributed by atoms with Gasteiger partial charge >= 0.3 is 0 Å². The number of carbonyl (C=O) groups is 1. The maximum absolute atomic E-state index is 13.0. The van der Waals surface area contributed by atoms with Crippen molar-refractivity contribution in [3.63, 3.8) is 0 Å². The molecule has 1 N–H and O–H groups in total. The Morgan fingerprint density at radius 3 is 2.64 bits per heavy atom. The predicted molar refractivity (Wildman–Crippen MR) is 107 cm³/mol. The van der Waals surface area contributed by atoms with Crippen LogP contribution in [0.3, 0.4) is 0 Å². The van der Waals surface area contributed by atoms with Crippen LogP contribution in [0.5, 0.6) is 0 Å². The second-order valence-electron chi connectivity index (χ2n) is 6.95. The summed E-state index contributed by atoms with van der Waals surface area (Å²) in [6.45, 7) is 3.93. The first-order valence-electron chi connectivity index (χ1n) is 9.14. The average Bonchev–Trinajstić information content (AvgIpc) is 3.12.